The van der Waals surface area contributed by atoms with Crippen molar-refractivity contribution in [3.8, 4) is 0 Å². The first-order valence-corrected chi connectivity index (χ1v) is 14.9. The van der Waals surface area contributed by atoms with Gasteiger partial charge in [-0.25, -0.2) is 0 Å². The van der Waals surface area contributed by atoms with Crippen LogP contribution in [0, 0.1) is 0 Å². The Morgan fingerprint density at radius 3 is 1.88 bits per heavy atom. The lowest BCUT2D eigenvalue weighted by Gasteiger charge is -2.28. The molecule has 0 aromatic carbocycles. The van der Waals surface area contributed by atoms with Crippen LogP contribution in [0.25, 0.3) is 0 Å². The molecule has 0 aliphatic heterocycles. The van der Waals surface area contributed by atoms with Gasteiger partial charge in [-0.3, -0.25) is 4.57 Å². The van der Waals surface area contributed by atoms with Gasteiger partial charge in [0.25, 0.3) is 7.82 Å². The Balaban J connectivity index is 3.58. The lowest BCUT2D eigenvalue weighted by Crippen LogP contribution is -2.37. The average Bonchev–Trinajstić information content (AvgIpc) is 2.76. The lowest BCUT2D eigenvalue weighted by atomic mass is 10.1. The van der Waals surface area contributed by atoms with Crippen molar-refractivity contribution < 1.29 is 32.8 Å². The zero-order chi connectivity index (χ0) is 25.5. The Labute approximate surface area is 210 Å². The number of aliphatic hydroxyl groups is 1. The normalized spacial score (nSPS) is 15.1. The standard InChI is InChI=1S/C26H54NO6P/c1-5-6-7-8-9-10-11-12-13-14-15-16-17-18-19-20-22-31-26(24-28)25-33-34(29,30)32-23-21-27(2,3)4/h12-13,26,28H,5-11,14-25H2,1-4H3/b13-12-/t26-/m1/s1. The van der Waals surface area contributed by atoms with Crippen LogP contribution in [0.4, 0.5) is 0 Å². The van der Waals surface area contributed by atoms with Gasteiger partial charge in [0.2, 0.25) is 0 Å². The third-order valence-corrected chi connectivity index (χ3v) is 6.61. The van der Waals surface area contributed by atoms with E-state index in [4.69, 9.17) is 13.8 Å². The van der Waals surface area contributed by atoms with Crippen LogP contribution < -0.4 is 4.89 Å². The minimum Gasteiger partial charge on any atom is -0.756 e. The summed E-state index contributed by atoms with van der Waals surface area (Å²) in [4.78, 5) is 11.8. The number of unbranched alkanes of at least 4 members (excludes halogenated alkanes) is 12. The number of phosphoric ester groups is 1. The highest BCUT2D eigenvalue weighted by molar-refractivity contribution is 7.45. The summed E-state index contributed by atoms with van der Waals surface area (Å²) in [5.41, 5.74) is 0. The summed E-state index contributed by atoms with van der Waals surface area (Å²) in [5.74, 6) is 0. The molecule has 0 aliphatic carbocycles. The summed E-state index contributed by atoms with van der Waals surface area (Å²) in [5, 5.41) is 9.39. The Bertz CT molecular complexity index is 524. The molecule has 0 aromatic rings. The van der Waals surface area contributed by atoms with Crippen LogP contribution in [0.5, 0.6) is 0 Å². The molecule has 0 amide bonds. The van der Waals surface area contributed by atoms with E-state index in [1.165, 1.54) is 77.0 Å². The molecule has 0 aromatic heterocycles. The fourth-order valence-electron chi connectivity index (χ4n) is 3.39. The van der Waals surface area contributed by atoms with Gasteiger partial charge in [0.1, 0.15) is 19.3 Å². The maximum atomic E-state index is 11.8. The number of phosphoric acid groups is 1. The van der Waals surface area contributed by atoms with E-state index in [9.17, 15) is 14.6 Å². The van der Waals surface area contributed by atoms with Crippen LogP contribution in [0.2, 0.25) is 0 Å². The minimum absolute atomic E-state index is 0.0599. The summed E-state index contributed by atoms with van der Waals surface area (Å²) in [7, 11) is 1.47. The molecule has 0 fully saturated rings. The van der Waals surface area contributed by atoms with Gasteiger partial charge in [-0.15, -0.1) is 0 Å². The number of nitrogens with zero attached hydrogens (tertiary/aromatic N) is 1. The Hall–Kier alpha value is -0.270. The number of quaternary nitrogens is 1. The van der Waals surface area contributed by atoms with Gasteiger partial charge in [0.15, 0.2) is 0 Å². The average molecular weight is 508 g/mol. The minimum atomic E-state index is -4.38. The van der Waals surface area contributed by atoms with Gasteiger partial charge in [-0.05, 0) is 32.1 Å². The molecule has 1 N–H and O–H groups in total. The number of hydrogen-bond donors (Lipinski definition) is 1. The molecule has 1 unspecified atom stereocenters. The number of likely N-dealkylation sites (N-methyl/N-ethyl adjacent to an activating group) is 1. The van der Waals surface area contributed by atoms with Crippen LogP contribution in [-0.2, 0) is 18.3 Å². The van der Waals surface area contributed by atoms with Crippen molar-refractivity contribution in [2.24, 2.45) is 0 Å². The third kappa shape index (κ3) is 24.8. The second-order valence-corrected chi connectivity index (χ2v) is 11.6. The van der Waals surface area contributed by atoms with Crippen molar-refractivity contribution >= 4 is 7.82 Å². The van der Waals surface area contributed by atoms with Crippen molar-refractivity contribution in [1.82, 2.24) is 0 Å². The van der Waals surface area contributed by atoms with Crippen molar-refractivity contribution in [2.75, 3.05) is 54.1 Å². The molecule has 0 rings (SSSR count). The SMILES string of the molecule is CCCCCCCC/C=C\CCCCCCCCO[C@H](CO)COP(=O)([O-])OCC[N+](C)(C)C. The Kier molecular flexibility index (Phi) is 21.8. The zero-order valence-corrected chi connectivity index (χ0v) is 23.4. The second-order valence-electron chi connectivity index (χ2n) is 10.2. The molecule has 2 atom stereocenters. The maximum absolute atomic E-state index is 11.8. The van der Waals surface area contributed by atoms with Gasteiger partial charge < -0.3 is 28.3 Å². The first-order chi connectivity index (χ1) is 16.2. The van der Waals surface area contributed by atoms with Gasteiger partial charge in [-0.1, -0.05) is 76.9 Å². The van der Waals surface area contributed by atoms with Gasteiger partial charge in [0, 0.05) is 6.61 Å². The van der Waals surface area contributed by atoms with Crippen molar-refractivity contribution in [3.63, 3.8) is 0 Å². The summed E-state index contributed by atoms with van der Waals surface area (Å²) < 4.78 is 27.7. The van der Waals surface area contributed by atoms with Gasteiger partial charge in [-0.2, -0.15) is 0 Å². The second kappa shape index (κ2) is 22.0. The highest BCUT2D eigenvalue weighted by Gasteiger charge is 2.16. The fourth-order valence-corrected chi connectivity index (χ4v) is 4.12. The molecule has 0 bridgehead atoms. The topological polar surface area (TPSA) is 88.0 Å². The Morgan fingerprint density at radius 1 is 0.824 bits per heavy atom. The molecule has 8 heteroatoms. The number of hydrogen-bond acceptors (Lipinski definition) is 6. The quantitative estimate of drug-likeness (QED) is 0.0748. The van der Waals surface area contributed by atoms with E-state index in [0.717, 1.165) is 12.8 Å². The van der Waals surface area contributed by atoms with Crippen LogP contribution in [-0.4, -0.2) is 69.8 Å². The predicted molar refractivity (Wildman–Crippen MR) is 139 cm³/mol. The molecule has 34 heavy (non-hydrogen) atoms. The molecule has 0 aliphatic rings. The Morgan fingerprint density at radius 2 is 1.35 bits per heavy atom. The van der Waals surface area contributed by atoms with E-state index < -0.39 is 13.9 Å². The van der Waals surface area contributed by atoms with Gasteiger partial charge in [0.05, 0.1) is 34.4 Å². The fraction of sp³-hybridized carbons (Fsp3) is 0.923. The van der Waals surface area contributed by atoms with Crippen LogP contribution >= 0.6 is 7.82 Å². The number of ether oxygens (including phenoxy) is 1. The number of aliphatic hydroxyl groups excluding tert-OH is 1. The predicted octanol–water partition coefficient (Wildman–Crippen LogP) is 5.61. The summed E-state index contributed by atoms with van der Waals surface area (Å²) >= 11 is 0. The van der Waals surface area contributed by atoms with E-state index in [1.54, 1.807) is 0 Å². The van der Waals surface area contributed by atoms with Crippen LogP contribution in [0.1, 0.15) is 96.8 Å². The van der Waals surface area contributed by atoms with E-state index >= 15 is 0 Å². The first-order valence-electron chi connectivity index (χ1n) is 13.5. The molecule has 7 nitrogen and oxygen atoms in total. The van der Waals surface area contributed by atoms with Crippen molar-refractivity contribution in [3.05, 3.63) is 12.2 Å². The smallest absolute Gasteiger partial charge is 0.268 e. The summed E-state index contributed by atoms with van der Waals surface area (Å²) in [6.07, 6.45) is 21.4. The highest BCUT2D eigenvalue weighted by Crippen LogP contribution is 2.38. The third-order valence-electron chi connectivity index (χ3n) is 5.64. The molecular weight excluding hydrogens is 453 g/mol. The number of rotatable bonds is 25. The molecule has 204 valence electrons. The van der Waals surface area contributed by atoms with Gasteiger partial charge >= 0.3 is 0 Å². The molecule has 0 heterocycles. The zero-order valence-electron chi connectivity index (χ0n) is 22.5. The van der Waals surface area contributed by atoms with E-state index in [-0.39, 0.29) is 19.8 Å². The molecule has 0 radical (unpaired) electrons. The molecule has 0 spiro atoms. The maximum Gasteiger partial charge on any atom is 0.268 e. The summed E-state index contributed by atoms with van der Waals surface area (Å²) in [6.45, 7) is 2.84. The monoisotopic (exact) mass is 507 g/mol. The number of allylic oxidation sites excluding steroid dienone is 2. The van der Waals surface area contributed by atoms with Crippen LogP contribution in [0.3, 0.4) is 0 Å². The molecule has 0 saturated heterocycles. The highest BCUT2D eigenvalue weighted by atomic mass is 31.2. The van der Waals surface area contributed by atoms with E-state index in [2.05, 4.69) is 19.1 Å². The van der Waals surface area contributed by atoms with Crippen LogP contribution in [0.15, 0.2) is 12.2 Å². The summed E-state index contributed by atoms with van der Waals surface area (Å²) in [6, 6.07) is 0. The van der Waals surface area contributed by atoms with E-state index in [1.807, 2.05) is 21.1 Å². The molecular formula is C26H54NO6P. The van der Waals surface area contributed by atoms with E-state index in [0.29, 0.717) is 17.6 Å². The largest absolute Gasteiger partial charge is 0.756 e. The molecule has 0 saturated carbocycles. The first kappa shape index (κ1) is 33.7. The van der Waals surface area contributed by atoms with Crippen molar-refractivity contribution in [1.29, 1.82) is 0 Å². The van der Waals surface area contributed by atoms with Crippen molar-refractivity contribution in [2.45, 2.75) is 103 Å². The lowest BCUT2D eigenvalue weighted by molar-refractivity contribution is -0.870.